The van der Waals surface area contributed by atoms with Gasteiger partial charge < -0.3 is 10.1 Å². The smallest absolute Gasteiger partial charge is 0.119 e. The molecule has 0 amide bonds. The van der Waals surface area contributed by atoms with Crippen molar-refractivity contribution in [2.75, 3.05) is 19.6 Å². The third-order valence-corrected chi connectivity index (χ3v) is 4.89. The molecule has 3 heterocycles. The average Bonchev–Trinajstić information content (AvgIpc) is 2.75. The van der Waals surface area contributed by atoms with Crippen molar-refractivity contribution in [3.63, 3.8) is 0 Å². The van der Waals surface area contributed by atoms with Crippen molar-refractivity contribution in [2.45, 2.75) is 19.2 Å². The number of ether oxygens (including phenoxy) is 1. The maximum absolute atomic E-state index is 5.87. The fourth-order valence-corrected chi connectivity index (χ4v) is 3.41. The second-order valence-corrected chi connectivity index (χ2v) is 6.76. The summed E-state index contributed by atoms with van der Waals surface area (Å²) in [7, 11) is 0. The van der Waals surface area contributed by atoms with Crippen LogP contribution in [0.2, 0.25) is 0 Å². The van der Waals surface area contributed by atoms with Crippen LogP contribution in [0.25, 0.3) is 0 Å². The molecule has 1 aliphatic heterocycles. The maximum Gasteiger partial charge on any atom is 0.119 e. The Kier molecular flexibility index (Phi) is 7.37. The highest BCUT2D eigenvalue weighted by atomic mass is 35.5. The number of benzene rings is 1. The molecule has 2 aromatic heterocycles. The van der Waals surface area contributed by atoms with Crippen LogP contribution in [0.3, 0.4) is 0 Å². The number of hydrogen-bond acceptors (Lipinski definition) is 5. The molecule has 0 bridgehead atoms. The number of hydrogen-bond donors (Lipinski definition) is 1. The van der Waals surface area contributed by atoms with E-state index in [-0.39, 0.29) is 12.4 Å². The summed E-state index contributed by atoms with van der Waals surface area (Å²) in [6.07, 6.45) is 7.37. The molecule has 0 spiro atoms. The van der Waals surface area contributed by atoms with E-state index in [4.69, 9.17) is 4.74 Å². The van der Waals surface area contributed by atoms with E-state index in [9.17, 15) is 0 Å². The largest absolute Gasteiger partial charge is 0.489 e. The van der Waals surface area contributed by atoms with E-state index in [1.807, 2.05) is 30.6 Å². The van der Waals surface area contributed by atoms with E-state index >= 15 is 0 Å². The van der Waals surface area contributed by atoms with Gasteiger partial charge in [-0.1, -0.05) is 18.2 Å². The third kappa shape index (κ3) is 5.29. The third-order valence-electron chi connectivity index (χ3n) is 4.89. The number of aromatic nitrogens is 2. The van der Waals surface area contributed by atoms with Crippen molar-refractivity contribution in [2.24, 2.45) is 0 Å². The predicted octanol–water partition coefficient (Wildman–Crippen LogP) is 3.62. The number of pyridine rings is 2. The Balaban J connectivity index is 0.00000225. The fraction of sp³-hybridized carbons (Fsp3) is 0.273. The summed E-state index contributed by atoms with van der Waals surface area (Å²) in [5.74, 6) is 0.889. The first-order chi connectivity index (χ1) is 13.4. The summed E-state index contributed by atoms with van der Waals surface area (Å²) in [6.45, 7) is 4.48. The van der Waals surface area contributed by atoms with Crippen LogP contribution < -0.4 is 10.1 Å². The van der Waals surface area contributed by atoms with Gasteiger partial charge in [0.2, 0.25) is 0 Å². The first kappa shape index (κ1) is 20.3. The molecule has 1 atom stereocenters. The Hall–Kier alpha value is -2.47. The molecule has 1 fully saturated rings. The van der Waals surface area contributed by atoms with Gasteiger partial charge in [0.1, 0.15) is 12.4 Å². The fourth-order valence-electron chi connectivity index (χ4n) is 3.41. The minimum atomic E-state index is 0. The standard InChI is InChI=1S/C22H24N4O.ClH/c1-2-20(14-24-9-1)22-15-25-12-13-26(22)16-18-3-5-21(6-4-18)27-17-19-7-10-23-11-8-19;/h1-11,14,22,25H,12-13,15-17H2;1H. The van der Waals surface area contributed by atoms with Gasteiger partial charge in [-0.3, -0.25) is 14.9 Å². The van der Waals surface area contributed by atoms with Gasteiger partial charge >= 0.3 is 0 Å². The zero-order valence-electron chi connectivity index (χ0n) is 15.7. The number of halogens is 1. The topological polar surface area (TPSA) is 50.3 Å². The van der Waals surface area contributed by atoms with Crippen LogP contribution >= 0.6 is 12.4 Å². The molecule has 3 aromatic rings. The van der Waals surface area contributed by atoms with Crippen LogP contribution in [-0.4, -0.2) is 34.5 Å². The molecule has 1 aromatic carbocycles. The second-order valence-electron chi connectivity index (χ2n) is 6.76. The summed E-state index contributed by atoms with van der Waals surface area (Å²) in [5, 5.41) is 3.50. The van der Waals surface area contributed by atoms with E-state index in [0.29, 0.717) is 12.6 Å². The normalized spacial score (nSPS) is 16.9. The highest BCUT2D eigenvalue weighted by Crippen LogP contribution is 2.24. The average molecular weight is 397 g/mol. The van der Waals surface area contributed by atoms with Crippen LogP contribution in [-0.2, 0) is 13.2 Å². The Bertz CT molecular complexity index is 830. The van der Waals surface area contributed by atoms with Crippen LogP contribution in [0.4, 0.5) is 0 Å². The number of rotatable bonds is 6. The molecule has 1 saturated heterocycles. The van der Waals surface area contributed by atoms with Crippen molar-refractivity contribution in [3.05, 3.63) is 90.0 Å². The molecule has 1 N–H and O–H groups in total. The van der Waals surface area contributed by atoms with E-state index in [0.717, 1.165) is 37.5 Å². The first-order valence-electron chi connectivity index (χ1n) is 9.34. The molecule has 5 nitrogen and oxygen atoms in total. The van der Waals surface area contributed by atoms with Crippen LogP contribution in [0.5, 0.6) is 5.75 Å². The molecule has 28 heavy (non-hydrogen) atoms. The lowest BCUT2D eigenvalue weighted by atomic mass is 10.0. The molecule has 1 aliphatic rings. The number of piperazine rings is 1. The Morgan fingerprint density at radius 3 is 2.54 bits per heavy atom. The van der Waals surface area contributed by atoms with Gasteiger partial charge in [-0.2, -0.15) is 0 Å². The molecule has 6 heteroatoms. The molecular formula is C22H25ClN4O. The second kappa shape index (κ2) is 10.2. The number of nitrogens with one attached hydrogen (secondary N) is 1. The molecule has 146 valence electrons. The van der Waals surface area contributed by atoms with Crippen molar-refractivity contribution < 1.29 is 4.74 Å². The molecule has 1 unspecified atom stereocenters. The summed E-state index contributed by atoms with van der Waals surface area (Å²) in [5.41, 5.74) is 3.68. The van der Waals surface area contributed by atoms with Crippen molar-refractivity contribution in [3.8, 4) is 5.75 Å². The molecule has 0 saturated carbocycles. The summed E-state index contributed by atoms with van der Waals surface area (Å²) < 4.78 is 5.87. The van der Waals surface area contributed by atoms with Crippen LogP contribution in [0, 0.1) is 0 Å². The van der Waals surface area contributed by atoms with Gasteiger partial charge in [0.15, 0.2) is 0 Å². The monoisotopic (exact) mass is 396 g/mol. The Labute approximate surface area is 172 Å². The highest BCUT2D eigenvalue weighted by Gasteiger charge is 2.23. The Morgan fingerprint density at radius 1 is 0.964 bits per heavy atom. The lowest BCUT2D eigenvalue weighted by Crippen LogP contribution is -2.45. The van der Waals surface area contributed by atoms with Gasteiger partial charge in [-0.05, 0) is 47.0 Å². The van der Waals surface area contributed by atoms with Crippen LogP contribution in [0.15, 0.2) is 73.3 Å². The maximum atomic E-state index is 5.87. The zero-order chi connectivity index (χ0) is 18.3. The minimum absolute atomic E-state index is 0. The van der Waals surface area contributed by atoms with Gasteiger partial charge in [-0.15, -0.1) is 12.4 Å². The van der Waals surface area contributed by atoms with Crippen molar-refractivity contribution in [1.29, 1.82) is 0 Å². The summed E-state index contributed by atoms with van der Waals surface area (Å²) in [6, 6.07) is 16.9. The minimum Gasteiger partial charge on any atom is -0.489 e. The van der Waals surface area contributed by atoms with Crippen LogP contribution in [0.1, 0.15) is 22.7 Å². The molecule has 0 aliphatic carbocycles. The lowest BCUT2D eigenvalue weighted by Gasteiger charge is -2.36. The van der Waals surface area contributed by atoms with Gasteiger partial charge in [0.25, 0.3) is 0 Å². The molecule has 4 rings (SSSR count). The van der Waals surface area contributed by atoms with E-state index < -0.39 is 0 Å². The zero-order valence-corrected chi connectivity index (χ0v) is 16.5. The van der Waals surface area contributed by atoms with E-state index in [1.165, 1.54) is 11.1 Å². The molecule has 0 radical (unpaired) electrons. The van der Waals surface area contributed by atoms with Gasteiger partial charge in [-0.25, -0.2) is 0 Å². The highest BCUT2D eigenvalue weighted by molar-refractivity contribution is 5.85. The Morgan fingerprint density at radius 2 is 1.79 bits per heavy atom. The summed E-state index contributed by atoms with van der Waals surface area (Å²) >= 11 is 0. The predicted molar refractivity (Wildman–Crippen MR) is 113 cm³/mol. The lowest BCUT2D eigenvalue weighted by molar-refractivity contribution is 0.153. The van der Waals surface area contributed by atoms with Gasteiger partial charge in [0.05, 0.1) is 0 Å². The van der Waals surface area contributed by atoms with Gasteiger partial charge in [0, 0.05) is 57.0 Å². The van der Waals surface area contributed by atoms with Crippen molar-refractivity contribution >= 4 is 12.4 Å². The van der Waals surface area contributed by atoms with E-state index in [2.05, 4.69) is 50.5 Å². The SMILES string of the molecule is Cl.c1cncc(C2CNCCN2Cc2ccc(OCc3ccncc3)cc2)c1. The first-order valence-corrected chi connectivity index (χ1v) is 9.34. The van der Waals surface area contributed by atoms with Crippen molar-refractivity contribution in [1.82, 2.24) is 20.2 Å². The quantitative estimate of drug-likeness (QED) is 0.689. The summed E-state index contributed by atoms with van der Waals surface area (Å²) in [4.78, 5) is 10.8. The van der Waals surface area contributed by atoms with E-state index in [1.54, 1.807) is 12.4 Å². The number of nitrogens with zero attached hydrogens (tertiary/aromatic N) is 3. The molecular weight excluding hydrogens is 372 g/mol.